The quantitative estimate of drug-likeness (QED) is 0.808. The van der Waals surface area contributed by atoms with Crippen LogP contribution in [0.4, 0.5) is 8.78 Å². The van der Waals surface area contributed by atoms with Gasteiger partial charge < -0.3 is 4.74 Å². The molecule has 1 unspecified atom stereocenters. The summed E-state index contributed by atoms with van der Waals surface area (Å²) >= 11 is 0. The van der Waals surface area contributed by atoms with Crippen LogP contribution in [0.15, 0.2) is 18.2 Å². The standard InChI is InChI=1S/C13H14F2O2/c14-10-4-3-9(13(15)7-10)6-11(16)8-12-2-1-5-17-12/h3-4,7,12H,1-2,5-6,8H2. The Kier molecular flexibility index (Phi) is 3.84. The van der Waals surface area contributed by atoms with E-state index in [2.05, 4.69) is 0 Å². The number of halogens is 2. The predicted octanol–water partition coefficient (Wildman–Crippen LogP) is 2.65. The Balaban J connectivity index is 1.93. The van der Waals surface area contributed by atoms with E-state index in [1.807, 2.05) is 0 Å². The zero-order valence-electron chi connectivity index (χ0n) is 9.42. The lowest BCUT2D eigenvalue weighted by atomic mass is 10.0. The van der Waals surface area contributed by atoms with Gasteiger partial charge in [-0.15, -0.1) is 0 Å². The highest BCUT2D eigenvalue weighted by Crippen LogP contribution is 2.17. The molecule has 0 aromatic heterocycles. The van der Waals surface area contributed by atoms with Crippen LogP contribution >= 0.6 is 0 Å². The highest BCUT2D eigenvalue weighted by atomic mass is 19.1. The van der Waals surface area contributed by atoms with Gasteiger partial charge in [-0.05, 0) is 24.5 Å². The van der Waals surface area contributed by atoms with Crippen molar-refractivity contribution in [2.75, 3.05) is 6.61 Å². The largest absolute Gasteiger partial charge is 0.378 e. The number of benzene rings is 1. The fourth-order valence-electron chi connectivity index (χ4n) is 2.01. The van der Waals surface area contributed by atoms with Gasteiger partial charge in [-0.1, -0.05) is 6.07 Å². The lowest BCUT2D eigenvalue weighted by Crippen LogP contribution is -2.14. The van der Waals surface area contributed by atoms with Crippen LogP contribution in [0.3, 0.4) is 0 Å². The SMILES string of the molecule is O=C(Cc1ccc(F)cc1F)CC1CCCO1. The number of carbonyl (C=O) groups is 1. The van der Waals surface area contributed by atoms with E-state index in [1.54, 1.807) is 0 Å². The lowest BCUT2D eigenvalue weighted by molar-refractivity contribution is -0.120. The van der Waals surface area contributed by atoms with Gasteiger partial charge in [0.1, 0.15) is 17.4 Å². The summed E-state index contributed by atoms with van der Waals surface area (Å²) in [7, 11) is 0. The van der Waals surface area contributed by atoms with E-state index in [-0.39, 0.29) is 23.9 Å². The molecule has 1 saturated heterocycles. The number of hydrogen-bond donors (Lipinski definition) is 0. The van der Waals surface area contributed by atoms with Crippen molar-refractivity contribution < 1.29 is 18.3 Å². The van der Waals surface area contributed by atoms with Crippen molar-refractivity contribution in [1.82, 2.24) is 0 Å². The third-order valence-corrected chi connectivity index (χ3v) is 2.88. The minimum absolute atomic E-state index is 0.00593. The van der Waals surface area contributed by atoms with E-state index in [9.17, 15) is 13.6 Å². The Bertz CT molecular complexity index is 412. The summed E-state index contributed by atoms with van der Waals surface area (Å²) < 4.78 is 31.3. The monoisotopic (exact) mass is 240 g/mol. The van der Waals surface area contributed by atoms with Crippen LogP contribution in [0.2, 0.25) is 0 Å². The summed E-state index contributed by atoms with van der Waals surface area (Å²) in [6.45, 7) is 0.697. The highest BCUT2D eigenvalue weighted by molar-refractivity contribution is 5.81. The molecule has 1 heterocycles. The van der Waals surface area contributed by atoms with Gasteiger partial charge in [-0.3, -0.25) is 4.79 Å². The third-order valence-electron chi connectivity index (χ3n) is 2.88. The minimum Gasteiger partial charge on any atom is -0.378 e. The molecular weight excluding hydrogens is 226 g/mol. The highest BCUT2D eigenvalue weighted by Gasteiger charge is 2.19. The summed E-state index contributed by atoms with van der Waals surface area (Å²) in [5, 5.41) is 0. The zero-order chi connectivity index (χ0) is 12.3. The average Bonchev–Trinajstić information content (AvgIpc) is 2.75. The van der Waals surface area contributed by atoms with Gasteiger partial charge in [0.15, 0.2) is 0 Å². The molecule has 1 fully saturated rings. The van der Waals surface area contributed by atoms with E-state index in [4.69, 9.17) is 4.74 Å². The molecule has 2 nitrogen and oxygen atoms in total. The summed E-state index contributed by atoms with van der Waals surface area (Å²) in [4.78, 5) is 11.7. The molecule has 0 spiro atoms. The van der Waals surface area contributed by atoms with E-state index in [0.717, 1.165) is 25.0 Å². The van der Waals surface area contributed by atoms with Crippen molar-refractivity contribution in [3.63, 3.8) is 0 Å². The Morgan fingerprint density at radius 1 is 1.41 bits per heavy atom. The fraction of sp³-hybridized carbons (Fsp3) is 0.462. The number of ketones is 1. The molecule has 1 aromatic carbocycles. The lowest BCUT2D eigenvalue weighted by Gasteiger charge is -2.08. The molecule has 0 saturated carbocycles. The number of hydrogen-bond acceptors (Lipinski definition) is 2. The zero-order valence-corrected chi connectivity index (χ0v) is 9.42. The summed E-state index contributed by atoms with van der Waals surface area (Å²) in [6.07, 6.45) is 2.16. The first kappa shape index (κ1) is 12.2. The summed E-state index contributed by atoms with van der Waals surface area (Å²) in [5.41, 5.74) is 0.245. The van der Waals surface area contributed by atoms with Gasteiger partial charge in [0.05, 0.1) is 6.10 Å². The van der Waals surface area contributed by atoms with Crippen molar-refractivity contribution in [2.45, 2.75) is 31.8 Å². The molecule has 0 amide bonds. The van der Waals surface area contributed by atoms with Crippen LogP contribution in [-0.4, -0.2) is 18.5 Å². The van der Waals surface area contributed by atoms with Crippen LogP contribution in [0.1, 0.15) is 24.8 Å². The maximum absolute atomic E-state index is 13.3. The molecule has 1 aliphatic heterocycles. The Morgan fingerprint density at radius 3 is 2.88 bits per heavy atom. The van der Waals surface area contributed by atoms with Crippen LogP contribution in [0.25, 0.3) is 0 Å². The van der Waals surface area contributed by atoms with E-state index in [1.165, 1.54) is 6.07 Å². The fourth-order valence-corrected chi connectivity index (χ4v) is 2.01. The van der Waals surface area contributed by atoms with Crippen molar-refractivity contribution in [1.29, 1.82) is 0 Å². The average molecular weight is 240 g/mol. The van der Waals surface area contributed by atoms with Crippen LogP contribution in [-0.2, 0) is 16.0 Å². The molecule has 1 aliphatic rings. The molecule has 0 N–H and O–H groups in total. The van der Waals surface area contributed by atoms with E-state index in [0.29, 0.717) is 13.0 Å². The van der Waals surface area contributed by atoms with Gasteiger partial charge in [-0.2, -0.15) is 0 Å². The first-order chi connectivity index (χ1) is 8.15. The maximum Gasteiger partial charge on any atom is 0.139 e. The molecule has 4 heteroatoms. The maximum atomic E-state index is 13.3. The van der Waals surface area contributed by atoms with Crippen LogP contribution < -0.4 is 0 Å². The van der Waals surface area contributed by atoms with Crippen molar-refractivity contribution >= 4 is 5.78 Å². The molecule has 92 valence electrons. The number of Topliss-reactive ketones (excluding diaryl/α,β-unsaturated/α-hetero) is 1. The van der Waals surface area contributed by atoms with E-state index >= 15 is 0 Å². The van der Waals surface area contributed by atoms with Gasteiger partial charge >= 0.3 is 0 Å². The molecule has 0 aliphatic carbocycles. The molecule has 1 aromatic rings. The molecule has 17 heavy (non-hydrogen) atoms. The van der Waals surface area contributed by atoms with Crippen LogP contribution in [0.5, 0.6) is 0 Å². The summed E-state index contributed by atoms with van der Waals surface area (Å²) in [6, 6.07) is 3.28. The first-order valence-corrected chi connectivity index (χ1v) is 5.72. The van der Waals surface area contributed by atoms with Gasteiger partial charge in [0.2, 0.25) is 0 Å². The van der Waals surface area contributed by atoms with Crippen molar-refractivity contribution in [3.8, 4) is 0 Å². The number of carbonyl (C=O) groups excluding carboxylic acids is 1. The van der Waals surface area contributed by atoms with Gasteiger partial charge in [-0.25, -0.2) is 8.78 Å². The number of ether oxygens (including phenoxy) is 1. The Hall–Kier alpha value is -1.29. The molecular formula is C13H14F2O2. The predicted molar refractivity (Wildman–Crippen MR) is 58.7 cm³/mol. The number of rotatable bonds is 4. The van der Waals surface area contributed by atoms with Crippen molar-refractivity contribution in [3.05, 3.63) is 35.4 Å². The van der Waals surface area contributed by atoms with Gasteiger partial charge in [0.25, 0.3) is 0 Å². The van der Waals surface area contributed by atoms with Crippen LogP contribution in [0, 0.1) is 11.6 Å². The smallest absolute Gasteiger partial charge is 0.139 e. The first-order valence-electron chi connectivity index (χ1n) is 5.72. The van der Waals surface area contributed by atoms with Crippen molar-refractivity contribution in [2.24, 2.45) is 0 Å². The minimum atomic E-state index is -0.661. The van der Waals surface area contributed by atoms with E-state index < -0.39 is 11.6 Å². The Morgan fingerprint density at radius 2 is 2.24 bits per heavy atom. The molecule has 0 bridgehead atoms. The molecule has 1 atom stereocenters. The van der Waals surface area contributed by atoms with Gasteiger partial charge in [0, 0.05) is 25.5 Å². The third kappa shape index (κ3) is 3.33. The molecule has 2 rings (SSSR count). The summed E-state index contributed by atoms with van der Waals surface area (Å²) in [5.74, 6) is -1.36. The Labute approximate surface area is 98.6 Å². The second-order valence-corrected chi connectivity index (χ2v) is 4.29. The molecule has 0 radical (unpaired) electrons. The normalized spacial score (nSPS) is 19.5. The second kappa shape index (κ2) is 5.36. The second-order valence-electron chi connectivity index (χ2n) is 4.29. The topological polar surface area (TPSA) is 26.3 Å².